The Kier molecular flexibility index (Phi) is 6.56. The van der Waals surface area contributed by atoms with Gasteiger partial charge in [-0.15, -0.1) is 0 Å². The van der Waals surface area contributed by atoms with Crippen LogP contribution in [0.15, 0.2) is 66.7 Å². The Bertz CT molecular complexity index is 1110. The molecule has 5 rings (SSSR count). The molecule has 2 heterocycles. The normalized spacial score (nSPS) is 29.1. The second-order valence-corrected chi connectivity index (χ2v) is 10.2. The molecule has 2 aliphatic heterocycles. The first-order valence-corrected chi connectivity index (χ1v) is 12.6. The second-order valence-electron chi connectivity index (χ2n) is 10.2. The monoisotopic (exact) mass is 472 g/mol. The number of hydrogen-bond donors (Lipinski definition) is 2. The van der Waals surface area contributed by atoms with Gasteiger partial charge in [-0.1, -0.05) is 105 Å². The van der Waals surface area contributed by atoms with Crippen molar-refractivity contribution in [1.29, 1.82) is 0 Å². The SMILES string of the molecule is O=C1C2C(/C=C/c3ccccc3)NC(CC3CCCCC3)(C(=O)O)C2C(=O)N1Cc1ccccc1. The van der Waals surface area contributed by atoms with Crippen LogP contribution in [0.25, 0.3) is 6.08 Å². The molecule has 6 heteroatoms. The lowest BCUT2D eigenvalue weighted by molar-refractivity contribution is -0.152. The number of carboxylic acid groups (broad SMARTS) is 1. The van der Waals surface area contributed by atoms with Crippen LogP contribution in [-0.2, 0) is 20.9 Å². The minimum absolute atomic E-state index is 0.166. The number of carbonyl (C=O) groups excluding carboxylic acids is 2. The van der Waals surface area contributed by atoms with E-state index >= 15 is 0 Å². The largest absolute Gasteiger partial charge is 0.480 e. The quantitative estimate of drug-likeness (QED) is 0.588. The van der Waals surface area contributed by atoms with Crippen LogP contribution >= 0.6 is 0 Å². The van der Waals surface area contributed by atoms with Crippen molar-refractivity contribution in [2.75, 3.05) is 0 Å². The number of nitrogens with one attached hydrogen (secondary N) is 1. The molecule has 0 spiro atoms. The van der Waals surface area contributed by atoms with E-state index in [2.05, 4.69) is 5.32 Å². The Morgan fingerprint density at radius 3 is 2.29 bits per heavy atom. The Hall–Kier alpha value is -3.25. The highest BCUT2D eigenvalue weighted by Crippen LogP contribution is 2.48. The van der Waals surface area contributed by atoms with Gasteiger partial charge >= 0.3 is 5.97 Å². The highest BCUT2D eigenvalue weighted by molar-refractivity contribution is 6.09. The van der Waals surface area contributed by atoms with Crippen LogP contribution in [0.4, 0.5) is 0 Å². The number of carbonyl (C=O) groups is 3. The van der Waals surface area contributed by atoms with Crippen LogP contribution in [0.2, 0.25) is 0 Å². The summed E-state index contributed by atoms with van der Waals surface area (Å²) in [5, 5.41) is 13.9. The van der Waals surface area contributed by atoms with Gasteiger partial charge in [0.1, 0.15) is 5.54 Å². The molecule has 1 saturated carbocycles. The molecule has 2 N–H and O–H groups in total. The molecule has 2 amide bonds. The lowest BCUT2D eigenvalue weighted by atomic mass is 9.72. The second kappa shape index (κ2) is 9.78. The van der Waals surface area contributed by atoms with E-state index in [0.717, 1.165) is 36.8 Å². The van der Waals surface area contributed by atoms with Gasteiger partial charge < -0.3 is 5.11 Å². The molecule has 2 aromatic rings. The van der Waals surface area contributed by atoms with Gasteiger partial charge in [0.05, 0.1) is 18.4 Å². The van der Waals surface area contributed by atoms with Crippen molar-refractivity contribution in [3.8, 4) is 0 Å². The molecule has 3 fully saturated rings. The first-order chi connectivity index (χ1) is 17.0. The Morgan fingerprint density at radius 2 is 1.63 bits per heavy atom. The molecular weight excluding hydrogens is 440 g/mol. The van der Waals surface area contributed by atoms with Crippen LogP contribution in [0, 0.1) is 17.8 Å². The Balaban J connectivity index is 1.51. The van der Waals surface area contributed by atoms with E-state index in [1.54, 1.807) is 0 Å². The van der Waals surface area contributed by atoms with Gasteiger partial charge in [-0.25, -0.2) is 0 Å². The third-order valence-electron chi connectivity index (χ3n) is 7.98. The summed E-state index contributed by atoms with van der Waals surface area (Å²) in [6, 6.07) is 18.6. The molecule has 3 aliphatic rings. The van der Waals surface area contributed by atoms with E-state index < -0.39 is 29.4 Å². The molecule has 0 aromatic heterocycles. The summed E-state index contributed by atoms with van der Waals surface area (Å²) in [5.74, 6) is -3.10. The topological polar surface area (TPSA) is 86.7 Å². The number of imide groups is 1. The Morgan fingerprint density at radius 1 is 0.971 bits per heavy atom. The summed E-state index contributed by atoms with van der Waals surface area (Å²) in [6.07, 6.45) is 9.42. The lowest BCUT2D eigenvalue weighted by Crippen LogP contribution is -2.57. The van der Waals surface area contributed by atoms with E-state index in [-0.39, 0.29) is 24.3 Å². The number of rotatable bonds is 7. The predicted octanol–water partition coefficient (Wildman–Crippen LogP) is 4.27. The molecule has 0 radical (unpaired) electrons. The summed E-state index contributed by atoms with van der Waals surface area (Å²) in [6.45, 7) is 0.166. The fourth-order valence-electron chi connectivity index (χ4n) is 6.29. The van der Waals surface area contributed by atoms with E-state index in [0.29, 0.717) is 6.42 Å². The zero-order valence-electron chi connectivity index (χ0n) is 19.8. The van der Waals surface area contributed by atoms with Crippen molar-refractivity contribution in [2.45, 2.75) is 56.7 Å². The standard InChI is InChI=1S/C29H32N2O4/c32-26-24-23(17-16-20-10-4-1-5-11-20)30-29(28(34)35,18-21-12-6-2-7-13-21)25(24)27(33)31(26)19-22-14-8-3-9-15-22/h1,3-5,8-11,14-17,21,23-25,30H,2,6-7,12-13,18-19H2,(H,34,35)/b17-16+. The zero-order chi connectivity index (χ0) is 24.4. The van der Waals surface area contributed by atoms with E-state index in [1.165, 1.54) is 11.3 Å². The maximum Gasteiger partial charge on any atom is 0.324 e. The molecule has 6 nitrogen and oxygen atoms in total. The number of likely N-dealkylation sites (tertiary alicyclic amines) is 1. The summed E-state index contributed by atoms with van der Waals surface area (Å²) in [5.41, 5.74) is 0.367. The summed E-state index contributed by atoms with van der Waals surface area (Å²) >= 11 is 0. The van der Waals surface area contributed by atoms with Gasteiger partial charge in [-0.2, -0.15) is 0 Å². The van der Waals surface area contributed by atoms with Gasteiger partial charge in [0, 0.05) is 6.04 Å². The molecule has 182 valence electrons. The van der Waals surface area contributed by atoms with Crippen molar-refractivity contribution in [1.82, 2.24) is 10.2 Å². The molecular formula is C29H32N2O4. The highest BCUT2D eigenvalue weighted by Gasteiger charge is 2.67. The van der Waals surface area contributed by atoms with Gasteiger partial charge in [-0.05, 0) is 23.5 Å². The number of aliphatic carboxylic acids is 1. The maximum absolute atomic E-state index is 13.8. The summed E-state index contributed by atoms with van der Waals surface area (Å²) in [7, 11) is 0. The summed E-state index contributed by atoms with van der Waals surface area (Å²) in [4.78, 5) is 41.6. The van der Waals surface area contributed by atoms with Crippen molar-refractivity contribution in [3.05, 3.63) is 77.9 Å². The van der Waals surface area contributed by atoms with Crippen LogP contribution in [0.5, 0.6) is 0 Å². The van der Waals surface area contributed by atoms with Crippen LogP contribution in [-0.4, -0.2) is 39.4 Å². The van der Waals surface area contributed by atoms with Gasteiger partial charge in [0.25, 0.3) is 0 Å². The van der Waals surface area contributed by atoms with E-state index in [1.807, 2.05) is 72.8 Å². The van der Waals surface area contributed by atoms with Crippen molar-refractivity contribution < 1.29 is 19.5 Å². The number of benzene rings is 2. The average Bonchev–Trinajstić information content (AvgIpc) is 3.34. The molecule has 2 aromatic carbocycles. The number of hydrogen-bond acceptors (Lipinski definition) is 4. The molecule has 2 saturated heterocycles. The van der Waals surface area contributed by atoms with Gasteiger partial charge in [-0.3, -0.25) is 24.6 Å². The minimum atomic E-state index is -1.45. The van der Waals surface area contributed by atoms with Gasteiger partial charge in [0.2, 0.25) is 11.8 Å². The van der Waals surface area contributed by atoms with Gasteiger partial charge in [0.15, 0.2) is 0 Å². The average molecular weight is 473 g/mol. The Labute approximate surface area is 206 Å². The number of fused-ring (bicyclic) bond motifs is 1. The zero-order valence-corrected chi connectivity index (χ0v) is 19.8. The van der Waals surface area contributed by atoms with Crippen molar-refractivity contribution in [3.63, 3.8) is 0 Å². The maximum atomic E-state index is 13.8. The van der Waals surface area contributed by atoms with Crippen LogP contribution < -0.4 is 5.32 Å². The summed E-state index contributed by atoms with van der Waals surface area (Å²) < 4.78 is 0. The first-order valence-electron chi connectivity index (χ1n) is 12.6. The number of nitrogens with zero attached hydrogens (tertiary/aromatic N) is 1. The third kappa shape index (κ3) is 4.43. The molecule has 4 unspecified atom stereocenters. The molecule has 0 bridgehead atoms. The first kappa shape index (κ1) is 23.5. The van der Waals surface area contributed by atoms with Crippen molar-refractivity contribution >= 4 is 23.9 Å². The number of amides is 2. The predicted molar refractivity (Wildman–Crippen MR) is 133 cm³/mol. The highest BCUT2D eigenvalue weighted by atomic mass is 16.4. The van der Waals surface area contributed by atoms with E-state index in [9.17, 15) is 19.5 Å². The van der Waals surface area contributed by atoms with Crippen molar-refractivity contribution in [2.24, 2.45) is 17.8 Å². The van der Waals surface area contributed by atoms with Crippen LogP contribution in [0.3, 0.4) is 0 Å². The number of carboxylic acids is 1. The molecule has 35 heavy (non-hydrogen) atoms. The molecule has 1 aliphatic carbocycles. The minimum Gasteiger partial charge on any atom is -0.480 e. The third-order valence-corrected chi connectivity index (χ3v) is 7.98. The fraction of sp³-hybridized carbons (Fsp3) is 0.414. The fourth-order valence-corrected chi connectivity index (χ4v) is 6.29. The van der Waals surface area contributed by atoms with Crippen LogP contribution in [0.1, 0.15) is 49.7 Å². The lowest BCUT2D eigenvalue weighted by Gasteiger charge is -2.35. The smallest absolute Gasteiger partial charge is 0.324 e. The molecule has 4 atom stereocenters. The van der Waals surface area contributed by atoms with E-state index in [4.69, 9.17) is 0 Å².